The first-order valence-corrected chi connectivity index (χ1v) is 3.10. The van der Waals surface area contributed by atoms with Crippen LogP contribution in [0.25, 0.3) is 0 Å². The smallest absolute Gasteiger partial charge is 0.457 e. The molecular formula is C6H6O6. The first kappa shape index (κ1) is 8.54. The summed E-state index contributed by atoms with van der Waals surface area (Å²) >= 11 is 0. The molecule has 1 N–H and O–H groups in total. The third-order valence-corrected chi connectivity index (χ3v) is 0.981. The minimum atomic E-state index is -0.967. The van der Waals surface area contributed by atoms with Crippen LogP contribution in [0.15, 0.2) is 19.9 Å². The molecule has 0 aliphatic rings. The van der Waals surface area contributed by atoms with Crippen molar-refractivity contribution < 1.29 is 23.5 Å². The van der Waals surface area contributed by atoms with E-state index in [1.807, 2.05) is 0 Å². The van der Waals surface area contributed by atoms with Crippen molar-refractivity contribution in [3.63, 3.8) is 0 Å². The van der Waals surface area contributed by atoms with E-state index in [9.17, 15) is 9.59 Å². The lowest BCUT2D eigenvalue weighted by molar-refractivity contribution is 0.0396. The van der Waals surface area contributed by atoms with Gasteiger partial charge in [-0.1, -0.05) is 0 Å². The van der Waals surface area contributed by atoms with Crippen molar-refractivity contribution in [1.82, 2.24) is 0 Å². The summed E-state index contributed by atoms with van der Waals surface area (Å²) in [4.78, 5) is 21.1. The number of carbonyl (C=O) groups excluding carboxylic acids is 1. The van der Waals surface area contributed by atoms with E-state index in [1.54, 1.807) is 0 Å². The van der Waals surface area contributed by atoms with Gasteiger partial charge >= 0.3 is 11.8 Å². The second kappa shape index (κ2) is 3.72. The van der Waals surface area contributed by atoms with Crippen LogP contribution in [0.3, 0.4) is 0 Å². The summed E-state index contributed by atoms with van der Waals surface area (Å²) in [6.45, 7) is -0.429. The van der Waals surface area contributed by atoms with Gasteiger partial charge in [-0.05, 0) is 0 Å². The van der Waals surface area contributed by atoms with E-state index in [2.05, 4.69) is 13.6 Å². The van der Waals surface area contributed by atoms with Gasteiger partial charge in [0, 0.05) is 0 Å². The fraction of sp³-hybridized carbons (Fsp3) is 0.333. The summed E-state index contributed by atoms with van der Waals surface area (Å²) < 4.78 is 12.9. The molecule has 0 spiro atoms. The Bertz CT molecular complexity index is 308. The van der Waals surface area contributed by atoms with Gasteiger partial charge in [0.15, 0.2) is 0 Å². The molecule has 0 bridgehead atoms. The second-order valence-corrected chi connectivity index (χ2v) is 1.81. The van der Waals surface area contributed by atoms with Crippen molar-refractivity contribution in [3.05, 3.63) is 22.6 Å². The van der Waals surface area contributed by atoms with Crippen LogP contribution in [0.4, 0.5) is 0 Å². The van der Waals surface area contributed by atoms with E-state index < -0.39 is 11.8 Å². The van der Waals surface area contributed by atoms with Crippen LogP contribution >= 0.6 is 0 Å². The standard InChI is InChI=1S/C6H6O6/c7-1-2-10-5(8)4-3-11-6(9)12-4/h3,7H,1-2H2. The average Bonchev–Trinajstić information content (AvgIpc) is 2.47. The minimum Gasteiger partial charge on any atom is -0.457 e. The monoisotopic (exact) mass is 174 g/mol. The summed E-state index contributed by atoms with van der Waals surface area (Å²) in [6, 6.07) is 0. The Hall–Kier alpha value is -1.56. The Morgan fingerprint density at radius 2 is 2.42 bits per heavy atom. The molecule has 0 saturated heterocycles. The van der Waals surface area contributed by atoms with E-state index in [-0.39, 0.29) is 19.0 Å². The zero-order chi connectivity index (χ0) is 8.97. The van der Waals surface area contributed by atoms with Gasteiger partial charge in [0.1, 0.15) is 12.9 Å². The molecule has 6 heteroatoms. The summed E-state index contributed by atoms with van der Waals surface area (Å²) in [5, 5.41) is 8.27. The molecule has 0 aromatic carbocycles. The molecule has 0 atom stereocenters. The molecular weight excluding hydrogens is 168 g/mol. The van der Waals surface area contributed by atoms with Crippen LogP contribution in [0.2, 0.25) is 0 Å². The third kappa shape index (κ3) is 1.96. The summed E-state index contributed by atoms with van der Waals surface area (Å²) in [5.41, 5.74) is 0. The zero-order valence-corrected chi connectivity index (χ0v) is 5.98. The van der Waals surface area contributed by atoms with Crippen LogP contribution < -0.4 is 5.82 Å². The number of aliphatic hydroxyl groups is 1. The third-order valence-electron chi connectivity index (χ3n) is 0.981. The van der Waals surface area contributed by atoms with Crippen LogP contribution in [-0.2, 0) is 4.74 Å². The van der Waals surface area contributed by atoms with Gasteiger partial charge in [-0.25, -0.2) is 9.59 Å². The molecule has 1 heterocycles. The largest absolute Gasteiger partial charge is 0.519 e. The first-order valence-electron chi connectivity index (χ1n) is 3.10. The van der Waals surface area contributed by atoms with Crippen LogP contribution in [0.1, 0.15) is 10.6 Å². The maximum atomic E-state index is 10.8. The summed E-state index contributed by atoms with van der Waals surface area (Å²) in [5.74, 6) is -2.12. The molecule has 0 amide bonds. The molecule has 12 heavy (non-hydrogen) atoms. The molecule has 0 fully saturated rings. The van der Waals surface area contributed by atoms with Crippen molar-refractivity contribution in [2.45, 2.75) is 0 Å². The number of rotatable bonds is 3. The SMILES string of the molecule is O=C(OCCO)c1coc(=O)o1. The molecule has 6 nitrogen and oxygen atoms in total. The molecule has 0 saturated carbocycles. The highest BCUT2D eigenvalue weighted by atomic mass is 16.6. The van der Waals surface area contributed by atoms with Gasteiger partial charge in [-0.2, -0.15) is 0 Å². The van der Waals surface area contributed by atoms with Gasteiger partial charge in [-0.3, -0.25) is 0 Å². The molecule has 0 radical (unpaired) electrons. The van der Waals surface area contributed by atoms with Crippen LogP contribution in [0, 0.1) is 0 Å². The first-order chi connectivity index (χ1) is 5.74. The Balaban J connectivity index is 2.59. The predicted octanol–water partition coefficient (Wildman–Crippen LogP) is -0.618. The Morgan fingerprint density at radius 1 is 1.67 bits per heavy atom. The van der Waals surface area contributed by atoms with E-state index in [0.29, 0.717) is 0 Å². The zero-order valence-electron chi connectivity index (χ0n) is 5.98. The molecule has 1 rings (SSSR count). The highest BCUT2D eigenvalue weighted by Crippen LogP contribution is 1.97. The van der Waals surface area contributed by atoms with Gasteiger partial charge in [-0.15, -0.1) is 0 Å². The maximum absolute atomic E-state index is 10.8. The van der Waals surface area contributed by atoms with Crippen molar-refractivity contribution in [2.24, 2.45) is 0 Å². The fourth-order valence-corrected chi connectivity index (χ4v) is 0.539. The van der Waals surface area contributed by atoms with E-state index in [1.165, 1.54) is 0 Å². The quantitative estimate of drug-likeness (QED) is 0.614. The lowest BCUT2D eigenvalue weighted by atomic mass is 10.5. The minimum absolute atomic E-state index is 0.145. The van der Waals surface area contributed by atoms with E-state index in [0.717, 1.165) is 6.26 Å². The Morgan fingerprint density at radius 3 is 2.92 bits per heavy atom. The van der Waals surface area contributed by atoms with Gasteiger partial charge < -0.3 is 18.7 Å². The summed E-state index contributed by atoms with van der Waals surface area (Å²) in [7, 11) is 0. The van der Waals surface area contributed by atoms with Crippen molar-refractivity contribution in [3.8, 4) is 0 Å². The van der Waals surface area contributed by atoms with Crippen LogP contribution in [-0.4, -0.2) is 24.3 Å². The van der Waals surface area contributed by atoms with Crippen molar-refractivity contribution in [1.29, 1.82) is 0 Å². The number of hydrogen-bond donors (Lipinski definition) is 1. The Labute approximate surface area is 66.4 Å². The number of aliphatic hydroxyl groups excluding tert-OH is 1. The molecule has 1 aromatic heterocycles. The number of ether oxygens (including phenoxy) is 1. The molecule has 0 aliphatic carbocycles. The van der Waals surface area contributed by atoms with Gasteiger partial charge in [0.25, 0.3) is 5.76 Å². The molecule has 1 aromatic rings. The van der Waals surface area contributed by atoms with E-state index >= 15 is 0 Å². The van der Waals surface area contributed by atoms with Gasteiger partial charge in [0.05, 0.1) is 6.61 Å². The second-order valence-electron chi connectivity index (χ2n) is 1.81. The lowest BCUT2D eigenvalue weighted by Gasteiger charge is -1.96. The van der Waals surface area contributed by atoms with Gasteiger partial charge in [0.2, 0.25) is 0 Å². The predicted molar refractivity (Wildman–Crippen MR) is 34.6 cm³/mol. The number of carbonyl (C=O) groups is 1. The fourth-order valence-electron chi connectivity index (χ4n) is 0.539. The van der Waals surface area contributed by atoms with Crippen molar-refractivity contribution in [2.75, 3.05) is 13.2 Å². The van der Waals surface area contributed by atoms with Crippen molar-refractivity contribution >= 4 is 5.97 Å². The Kier molecular flexibility index (Phi) is 2.65. The average molecular weight is 174 g/mol. The lowest BCUT2D eigenvalue weighted by Crippen LogP contribution is -2.08. The molecule has 66 valence electrons. The molecule has 0 unspecified atom stereocenters. The number of esters is 1. The highest BCUT2D eigenvalue weighted by Gasteiger charge is 2.12. The topological polar surface area (TPSA) is 89.9 Å². The highest BCUT2D eigenvalue weighted by molar-refractivity contribution is 5.85. The normalized spacial score (nSPS) is 9.75. The molecule has 0 aliphatic heterocycles. The van der Waals surface area contributed by atoms with E-state index in [4.69, 9.17) is 5.11 Å². The number of hydrogen-bond acceptors (Lipinski definition) is 6. The maximum Gasteiger partial charge on any atom is 0.519 e. The summed E-state index contributed by atoms with van der Waals surface area (Å²) in [6.07, 6.45) is 0.849. The van der Waals surface area contributed by atoms with Crippen LogP contribution in [0.5, 0.6) is 0 Å².